The Hall–Kier alpha value is -3.41. The Balaban J connectivity index is 1.39. The van der Waals surface area contributed by atoms with Gasteiger partial charge in [0.2, 0.25) is 0 Å². The van der Waals surface area contributed by atoms with Gasteiger partial charge in [0, 0.05) is 5.69 Å². The van der Waals surface area contributed by atoms with E-state index in [2.05, 4.69) is 10.4 Å². The van der Waals surface area contributed by atoms with Crippen molar-refractivity contribution in [2.24, 2.45) is 0 Å². The second kappa shape index (κ2) is 6.30. The monoisotopic (exact) mass is 386 g/mol. The van der Waals surface area contributed by atoms with Crippen molar-refractivity contribution in [3.63, 3.8) is 0 Å². The van der Waals surface area contributed by atoms with E-state index < -0.39 is 5.54 Å². The Morgan fingerprint density at radius 1 is 1.07 bits per heavy atom. The van der Waals surface area contributed by atoms with Crippen molar-refractivity contribution in [3.8, 4) is 5.69 Å². The molecule has 2 aromatic carbocycles. The molecule has 3 aromatic rings. The topological polar surface area (TPSA) is 67.2 Å². The molecular formula is C23H22N4O2. The Labute approximate surface area is 169 Å². The van der Waals surface area contributed by atoms with Gasteiger partial charge in [-0.05, 0) is 61.6 Å². The predicted molar refractivity (Wildman–Crippen MR) is 109 cm³/mol. The number of hydrogen-bond acceptors (Lipinski definition) is 3. The number of hydrogen-bond donors (Lipinski definition) is 1. The van der Waals surface area contributed by atoms with Crippen molar-refractivity contribution in [2.75, 3.05) is 0 Å². The van der Waals surface area contributed by atoms with Crippen LogP contribution >= 0.6 is 0 Å². The first kappa shape index (κ1) is 17.7. The van der Waals surface area contributed by atoms with Gasteiger partial charge in [0.15, 0.2) is 0 Å². The van der Waals surface area contributed by atoms with Crippen LogP contribution < -0.4 is 5.32 Å². The summed E-state index contributed by atoms with van der Waals surface area (Å²) in [6.07, 6.45) is 1.41. The highest BCUT2D eigenvalue weighted by Crippen LogP contribution is 2.41. The van der Waals surface area contributed by atoms with Gasteiger partial charge in [0.25, 0.3) is 5.91 Å². The van der Waals surface area contributed by atoms with Gasteiger partial charge in [-0.2, -0.15) is 5.10 Å². The molecule has 2 heterocycles. The molecule has 1 spiro atoms. The minimum atomic E-state index is -0.905. The number of urea groups is 1. The highest BCUT2D eigenvalue weighted by molar-refractivity contribution is 6.08. The van der Waals surface area contributed by atoms with Crippen LogP contribution in [0.3, 0.4) is 0 Å². The molecule has 6 nitrogen and oxygen atoms in total. The van der Waals surface area contributed by atoms with Gasteiger partial charge in [-0.25, -0.2) is 9.48 Å². The fourth-order valence-electron chi connectivity index (χ4n) is 4.55. The third-order valence-corrected chi connectivity index (χ3v) is 5.95. The van der Waals surface area contributed by atoms with Crippen LogP contribution in [-0.4, -0.2) is 26.6 Å². The predicted octanol–water partition coefficient (Wildman–Crippen LogP) is 3.38. The van der Waals surface area contributed by atoms with Gasteiger partial charge in [-0.15, -0.1) is 0 Å². The zero-order valence-corrected chi connectivity index (χ0v) is 16.5. The number of imide groups is 1. The maximum absolute atomic E-state index is 13.3. The van der Waals surface area contributed by atoms with Crippen LogP contribution in [0.15, 0.2) is 54.6 Å². The SMILES string of the molecule is Cc1cc(C)n(-c2ccc(CN3C(=O)N[C@@]4(CCc5ccccc54)C3=O)cc2)n1. The van der Waals surface area contributed by atoms with Gasteiger partial charge in [0.1, 0.15) is 5.54 Å². The van der Waals surface area contributed by atoms with Gasteiger partial charge in [-0.3, -0.25) is 9.69 Å². The van der Waals surface area contributed by atoms with E-state index in [4.69, 9.17) is 0 Å². The largest absolute Gasteiger partial charge is 0.325 e. The lowest BCUT2D eigenvalue weighted by Crippen LogP contribution is -2.41. The molecule has 29 heavy (non-hydrogen) atoms. The molecule has 0 bridgehead atoms. The van der Waals surface area contributed by atoms with Crippen molar-refractivity contribution < 1.29 is 9.59 Å². The molecule has 0 saturated carbocycles. The Morgan fingerprint density at radius 3 is 2.55 bits per heavy atom. The van der Waals surface area contributed by atoms with Gasteiger partial charge in [-0.1, -0.05) is 36.4 Å². The minimum absolute atomic E-state index is 0.157. The van der Waals surface area contributed by atoms with E-state index in [1.54, 1.807) is 0 Å². The van der Waals surface area contributed by atoms with Crippen molar-refractivity contribution in [2.45, 2.75) is 38.8 Å². The van der Waals surface area contributed by atoms with E-state index >= 15 is 0 Å². The summed E-state index contributed by atoms with van der Waals surface area (Å²) in [6.45, 7) is 4.23. The molecule has 1 aromatic heterocycles. The molecule has 1 N–H and O–H groups in total. The van der Waals surface area contributed by atoms with Crippen LogP contribution in [-0.2, 0) is 23.3 Å². The Kier molecular flexibility index (Phi) is 3.84. The summed E-state index contributed by atoms with van der Waals surface area (Å²) in [5.74, 6) is -0.157. The van der Waals surface area contributed by atoms with E-state index in [0.29, 0.717) is 6.42 Å². The van der Waals surface area contributed by atoms with E-state index in [-0.39, 0.29) is 18.5 Å². The molecule has 0 unspecified atom stereocenters. The molecule has 1 saturated heterocycles. The second-order valence-electron chi connectivity index (χ2n) is 7.89. The molecule has 2 aliphatic rings. The number of fused-ring (bicyclic) bond motifs is 2. The minimum Gasteiger partial charge on any atom is -0.319 e. The van der Waals surface area contributed by atoms with Crippen LogP contribution in [0.5, 0.6) is 0 Å². The zero-order chi connectivity index (χ0) is 20.2. The number of rotatable bonds is 3. The summed E-state index contributed by atoms with van der Waals surface area (Å²) in [5, 5.41) is 7.47. The average molecular weight is 386 g/mol. The zero-order valence-electron chi connectivity index (χ0n) is 16.5. The molecular weight excluding hydrogens is 364 g/mol. The number of aryl methyl sites for hydroxylation is 3. The normalized spacial score (nSPS) is 20.4. The van der Waals surface area contributed by atoms with Gasteiger partial charge >= 0.3 is 6.03 Å². The van der Waals surface area contributed by atoms with Crippen LogP contribution in [0.4, 0.5) is 4.79 Å². The van der Waals surface area contributed by atoms with Crippen molar-refractivity contribution >= 4 is 11.9 Å². The highest BCUT2D eigenvalue weighted by atomic mass is 16.2. The number of amides is 3. The molecule has 1 fully saturated rings. The smallest absolute Gasteiger partial charge is 0.319 e. The Morgan fingerprint density at radius 2 is 1.83 bits per heavy atom. The van der Waals surface area contributed by atoms with E-state index in [0.717, 1.165) is 40.2 Å². The summed E-state index contributed by atoms with van der Waals surface area (Å²) < 4.78 is 1.89. The van der Waals surface area contributed by atoms with Crippen molar-refractivity contribution in [3.05, 3.63) is 82.7 Å². The van der Waals surface area contributed by atoms with Crippen LogP contribution in [0.2, 0.25) is 0 Å². The molecule has 146 valence electrons. The molecule has 1 aliphatic carbocycles. The third kappa shape index (κ3) is 2.67. The van der Waals surface area contributed by atoms with E-state index in [1.807, 2.05) is 73.1 Å². The molecule has 1 atom stereocenters. The molecule has 0 radical (unpaired) electrons. The first-order valence-electron chi connectivity index (χ1n) is 9.83. The van der Waals surface area contributed by atoms with Gasteiger partial charge < -0.3 is 5.32 Å². The van der Waals surface area contributed by atoms with Crippen LogP contribution in [0, 0.1) is 13.8 Å². The number of carbonyl (C=O) groups excluding carboxylic acids is 2. The van der Waals surface area contributed by atoms with Crippen molar-refractivity contribution in [1.29, 1.82) is 0 Å². The third-order valence-electron chi connectivity index (χ3n) is 5.95. The Bertz CT molecular complexity index is 1130. The molecule has 6 heteroatoms. The number of carbonyl (C=O) groups is 2. The summed E-state index contributed by atoms with van der Waals surface area (Å²) in [6, 6.07) is 17.4. The summed E-state index contributed by atoms with van der Waals surface area (Å²) in [4.78, 5) is 27.3. The summed E-state index contributed by atoms with van der Waals surface area (Å²) >= 11 is 0. The highest BCUT2D eigenvalue weighted by Gasteiger charge is 2.55. The van der Waals surface area contributed by atoms with Crippen LogP contribution in [0.25, 0.3) is 5.69 Å². The van der Waals surface area contributed by atoms with Crippen LogP contribution in [0.1, 0.15) is 34.5 Å². The fourth-order valence-corrected chi connectivity index (χ4v) is 4.55. The lowest BCUT2D eigenvalue weighted by Gasteiger charge is -2.22. The molecule has 1 aliphatic heterocycles. The summed E-state index contributed by atoms with van der Waals surface area (Å²) in [7, 11) is 0. The lowest BCUT2D eigenvalue weighted by atomic mass is 9.92. The number of nitrogens with one attached hydrogen (secondary N) is 1. The quantitative estimate of drug-likeness (QED) is 0.702. The molecule has 5 rings (SSSR count). The lowest BCUT2D eigenvalue weighted by molar-refractivity contribution is -0.132. The second-order valence-corrected chi connectivity index (χ2v) is 7.89. The van der Waals surface area contributed by atoms with E-state index in [1.165, 1.54) is 4.90 Å². The maximum atomic E-state index is 13.3. The van der Waals surface area contributed by atoms with Crippen molar-refractivity contribution in [1.82, 2.24) is 20.0 Å². The standard InChI is InChI=1S/C23H22N4O2/c1-15-13-16(2)27(25-15)19-9-7-17(8-10-19)14-26-21(28)23(24-22(26)29)12-11-18-5-3-4-6-20(18)23/h3-10,13H,11-12,14H2,1-2H3,(H,24,29)/t23-/m1/s1. The number of benzene rings is 2. The molecule has 3 amide bonds. The average Bonchev–Trinajstić information content (AvgIpc) is 3.33. The first-order valence-corrected chi connectivity index (χ1v) is 9.83. The van der Waals surface area contributed by atoms with Gasteiger partial charge in [0.05, 0.1) is 17.9 Å². The summed E-state index contributed by atoms with van der Waals surface area (Å²) in [5.41, 5.74) is 5.05. The first-order chi connectivity index (χ1) is 14.0. The van der Waals surface area contributed by atoms with E-state index in [9.17, 15) is 9.59 Å². The maximum Gasteiger partial charge on any atom is 0.325 e. The number of aromatic nitrogens is 2. The fraction of sp³-hybridized carbons (Fsp3) is 0.261. The number of nitrogens with zero attached hydrogens (tertiary/aromatic N) is 3.